The summed E-state index contributed by atoms with van der Waals surface area (Å²) in [5.74, 6) is 0. The maximum Gasteiger partial charge on any atom is 0.0914 e. The molecular formula is C13H17N3O. The first-order valence-electron chi connectivity index (χ1n) is 5.69. The van der Waals surface area contributed by atoms with Crippen molar-refractivity contribution in [2.45, 2.75) is 19.6 Å². The predicted octanol–water partition coefficient (Wildman–Crippen LogP) is 1.54. The zero-order valence-electron chi connectivity index (χ0n) is 9.85. The van der Waals surface area contributed by atoms with Gasteiger partial charge in [0, 0.05) is 25.0 Å². The first-order chi connectivity index (χ1) is 8.25. The van der Waals surface area contributed by atoms with Crippen LogP contribution in [-0.4, -0.2) is 21.8 Å². The minimum absolute atomic E-state index is 0.474. The van der Waals surface area contributed by atoms with Gasteiger partial charge in [0.15, 0.2) is 0 Å². The lowest BCUT2D eigenvalue weighted by molar-refractivity contribution is 0.174. The van der Waals surface area contributed by atoms with Gasteiger partial charge in [-0.2, -0.15) is 5.10 Å². The number of aliphatic hydroxyl groups is 1. The predicted molar refractivity (Wildman–Crippen MR) is 66.4 cm³/mol. The molecule has 0 fully saturated rings. The molecule has 1 aromatic heterocycles. The van der Waals surface area contributed by atoms with Crippen LogP contribution in [0.4, 0.5) is 0 Å². The van der Waals surface area contributed by atoms with Crippen molar-refractivity contribution in [3.8, 4) is 0 Å². The third-order valence-electron chi connectivity index (χ3n) is 2.64. The van der Waals surface area contributed by atoms with E-state index < -0.39 is 6.10 Å². The molecule has 1 heterocycles. The highest BCUT2D eigenvalue weighted by Gasteiger charge is 2.06. The normalized spacial score (nSPS) is 12.6. The van der Waals surface area contributed by atoms with Crippen molar-refractivity contribution in [3.05, 3.63) is 53.3 Å². The molecule has 2 aromatic rings. The summed E-state index contributed by atoms with van der Waals surface area (Å²) in [6.45, 7) is 3.24. The van der Waals surface area contributed by atoms with Crippen molar-refractivity contribution in [3.63, 3.8) is 0 Å². The van der Waals surface area contributed by atoms with Gasteiger partial charge in [-0.1, -0.05) is 29.8 Å². The average molecular weight is 231 g/mol. The van der Waals surface area contributed by atoms with Gasteiger partial charge in [0.25, 0.3) is 0 Å². The van der Waals surface area contributed by atoms with E-state index in [1.807, 2.05) is 37.3 Å². The Hall–Kier alpha value is -1.65. The third-order valence-corrected chi connectivity index (χ3v) is 2.64. The molecule has 90 valence electrons. The van der Waals surface area contributed by atoms with E-state index in [4.69, 9.17) is 0 Å². The average Bonchev–Trinajstić information content (AvgIpc) is 2.82. The van der Waals surface area contributed by atoms with Crippen LogP contribution in [0.3, 0.4) is 0 Å². The van der Waals surface area contributed by atoms with E-state index in [9.17, 15) is 5.11 Å². The molecule has 0 aliphatic rings. The SMILES string of the molecule is Cc1cccc(C(O)CNCc2ccn[nH]2)c1. The van der Waals surface area contributed by atoms with Gasteiger partial charge in [-0.15, -0.1) is 0 Å². The molecule has 0 spiro atoms. The van der Waals surface area contributed by atoms with Gasteiger partial charge in [-0.05, 0) is 18.6 Å². The summed E-state index contributed by atoms with van der Waals surface area (Å²) in [5, 5.41) is 19.9. The molecule has 17 heavy (non-hydrogen) atoms. The van der Waals surface area contributed by atoms with Crippen LogP contribution in [0.1, 0.15) is 22.9 Å². The van der Waals surface area contributed by atoms with Gasteiger partial charge < -0.3 is 10.4 Å². The van der Waals surface area contributed by atoms with Gasteiger partial charge in [-0.3, -0.25) is 5.10 Å². The molecule has 0 bridgehead atoms. The second-order valence-corrected chi connectivity index (χ2v) is 4.14. The molecule has 0 saturated carbocycles. The Morgan fingerprint density at radius 1 is 1.41 bits per heavy atom. The van der Waals surface area contributed by atoms with Crippen molar-refractivity contribution in [2.75, 3.05) is 6.54 Å². The summed E-state index contributed by atoms with van der Waals surface area (Å²) >= 11 is 0. The summed E-state index contributed by atoms with van der Waals surface area (Å²) in [5.41, 5.74) is 3.12. The molecule has 0 amide bonds. The fourth-order valence-corrected chi connectivity index (χ4v) is 1.72. The van der Waals surface area contributed by atoms with Crippen LogP contribution >= 0.6 is 0 Å². The molecule has 0 saturated heterocycles. The van der Waals surface area contributed by atoms with E-state index in [1.54, 1.807) is 6.20 Å². The highest BCUT2D eigenvalue weighted by molar-refractivity contribution is 5.24. The minimum Gasteiger partial charge on any atom is -0.387 e. The second kappa shape index (κ2) is 5.61. The first-order valence-corrected chi connectivity index (χ1v) is 5.69. The van der Waals surface area contributed by atoms with Crippen LogP contribution in [0.5, 0.6) is 0 Å². The van der Waals surface area contributed by atoms with E-state index >= 15 is 0 Å². The molecule has 1 aromatic carbocycles. The molecule has 4 heteroatoms. The highest BCUT2D eigenvalue weighted by atomic mass is 16.3. The smallest absolute Gasteiger partial charge is 0.0914 e. The van der Waals surface area contributed by atoms with Crippen LogP contribution in [0.25, 0.3) is 0 Å². The van der Waals surface area contributed by atoms with Crippen LogP contribution < -0.4 is 5.32 Å². The van der Waals surface area contributed by atoms with Crippen LogP contribution in [-0.2, 0) is 6.54 Å². The number of hydrogen-bond donors (Lipinski definition) is 3. The summed E-state index contributed by atoms with van der Waals surface area (Å²) in [6, 6.07) is 9.83. The van der Waals surface area contributed by atoms with Crippen LogP contribution in [0.2, 0.25) is 0 Å². The van der Waals surface area contributed by atoms with E-state index in [-0.39, 0.29) is 0 Å². The molecule has 0 aliphatic carbocycles. The Morgan fingerprint density at radius 3 is 3.00 bits per heavy atom. The minimum atomic E-state index is -0.474. The number of nitrogens with one attached hydrogen (secondary N) is 2. The van der Waals surface area contributed by atoms with Crippen molar-refractivity contribution in [1.82, 2.24) is 15.5 Å². The molecule has 1 unspecified atom stereocenters. The number of aryl methyl sites for hydroxylation is 1. The highest BCUT2D eigenvalue weighted by Crippen LogP contribution is 2.13. The number of benzene rings is 1. The van der Waals surface area contributed by atoms with Crippen LogP contribution in [0.15, 0.2) is 36.5 Å². The monoisotopic (exact) mass is 231 g/mol. The Balaban J connectivity index is 1.83. The van der Waals surface area contributed by atoms with Crippen molar-refractivity contribution >= 4 is 0 Å². The lowest BCUT2D eigenvalue weighted by Crippen LogP contribution is -2.21. The Bertz CT molecular complexity index is 453. The summed E-state index contributed by atoms with van der Waals surface area (Å²) in [4.78, 5) is 0. The molecule has 0 aliphatic heterocycles. The number of aromatic nitrogens is 2. The van der Waals surface area contributed by atoms with Gasteiger partial charge in [0.1, 0.15) is 0 Å². The Kier molecular flexibility index (Phi) is 3.90. The zero-order chi connectivity index (χ0) is 12.1. The van der Waals surface area contributed by atoms with Gasteiger partial charge in [-0.25, -0.2) is 0 Å². The Morgan fingerprint density at radius 2 is 2.29 bits per heavy atom. The third kappa shape index (κ3) is 3.41. The topological polar surface area (TPSA) is 60.9 Å². The molecule has 2 rings (SSSR count). The van der Waals surface area contributed by atoms with E-state index in [0.717, 1.165) is 16.8 Å². The molecule has 0 radical (unpaired) electrons. The fourth-order valence-electron chi connectivity index (χ4n) is 1.72. The van der Waals surface area contributed by atoms with Gasteiger partial charge in [0.2, 0.25) is 0 Å². The largest absolute Gasteiger partial charge is 0.387 e. The molecule has 3 N–H and O–H groups in total. The maximum absolute atomic E-state index is 9.99. The number of H-pyrrole nitrogens is 1. The lowest BCUT2D eigenvalue weighted by Gasteiger charge is -2.12. The van der Waals surface area contributed by atoms with Crippen LogP contribution in [0, 0.1) is 6.92 Å². The number of hydrogen-bond acceptors (Lipinski definition) is 3. The zero-order valence-corrected chi connectivity index (χ0v) is 9.85. The fraction of sp³-hybridized carbons (Fsp3) is 0.308. The van der Waals surface area contributed by atoms with E-state index in [2.05, 4.69) is 15.5 Å². The van der Waals surface area contributed by atoms with E-state index in [1.165, 1.54) is 0 Å². The quantitative estimate of drug-likeness (QED) is 0.731. The maximum atomic E-state index is 9.99. The first kappa shape index (κ1) is 11.8. The van der Waals surface area contributed by atoms with Crippen molar-refractivity contribution in [2.24, 2.45) is 0 Å². The Labute approximate surface area is 101 Å². The van der Waals surface area contributed by atoms with E-state index in [0.29, 0.717) is 13.1 Å². The van der Waals surface area contributed by atoms with Crippen molar-refractivity contribution in [1.29, 1.82) is 0 Å². The molecule has 4 nitrogen and oxygen atoms in total. The van der Waals surface area contributed by atoms with Gasteiger partial charge >= 0.3 is 0 Å². The summed E-state index contributed by atoms with van der Waals surface area (Å²) in [6.07, 6.45) is 1.24. The number of rotatable bonds is 5. The second-order valence-electron chi connectivity index (χ2n) is 4.14. The standard InChI is InChI=1S/C13H17N3O/c1-10-3-2-4-11(7-10)13(17)9-14-8-12-5-6-15-16-12/h2-7,13-14,17H,8-9H2,1H3,(H,15,16). The molecular weight excluding hydrogens is 214 g/mol. The summed E-state index contributed by atoms with van der Waals surface area (Å²) in [7, 11) is 0. The lowest BCUT2D eigenvalue weighted by atomic mass is 10.1. The van der Waals surface area contributed by atoms with Gasteiger partial charge in [0.05, 0.1) is 6.10 Å². The summed E-state index contributed by atoms with van der Waals surface area (Å²) < 4.78 is 0. The number of aromatic amines is 1. The number of aliphatic hydroxyl groups excluding tert-OH is 1. The molecule has 1 atom stereocenters. The van der Waals surface area contributed by atoms with Crippen molar-refractivity contribution < 1.29 is 5.11 Å². The number of nitrogens with zero attached hydrogens (tertiary/aromatic N) is 1.